The number of rotatable bonds is 6. The number of nitrogens with zero attached hydrogens (tertiary/aromatic N) is 1. The van der Waals surface area contributed by atoms with Crippen LogP contribution < -0.4 is 10.0 Å². The Morgan fingerprint density at radius 3 is 2.50 bits per heavy atom. The summed E-state index contributed by atoms with van der Waals surface area (Å²) in [6.45, 7) is 0. The van der Waals surface area contributed by atoms with Crippen LogP contribution in [0.15, 0.2) is 53.4 Å². The molecule has 1 aliphatic heterocycles. The molecule has 0 unspecified atom stereocenters. The first-order valence-corrected chi connectivity index (χ1v) is 12.6. The van der Waals surface area contributed by atoms with E-state index in [0.29, 0.717) is 24.1 Å². The van der Waals surface area contributed by atoms with E-state index >= 15 is 0 Å². The van der Waals surface area contributed by atoms with E-state index in [0.717, 1.165) is 31.2 Å². The molecule has 2 aromatic carbocycles. The highest BCUT2D eigenvalue weighted by molar-refractivity contribution is 7.89. The average molecular weight is 456 g/mol. The Labute approximate surface area is 189 Å². The number of hydrogen-bond donors (Lipinski definition) is 2. The summed E-state index contributed by atoms with van der Waals surface area (Å²) in [6, 6.07) is 12.7. The first-order valence-electron chi connectivity index (χ1n) is 11.1. The quantitative estimate of drug-likeness (QED) is 0.698. The lowest BCUT2D eigenvalue weighted by atomic mass is 9.93. The second kappa shape index (κ2) is 9.42. The molecule has 0 saturated heterocycles. The van der Waals surface area contributed by atoms with Crippen LogP contribution in [0.4, 0.5) is 5.69 Å². The highest BCUT2D eigenvalue weighted by Crippen LogP contribution is 2.28. The number of amides is 2. The van der Waals surface area contributed by atoms with Crippen molar-refractivity contribution in [2.24, 2.45) is 0 Å². The molecular weight excluding hydrogens is 426 g/mol. The molecule has 1 aliphatic carbocycles. The van der Waals surface area contributed by atoms with Gasteiger partial charge in [-0.3, -0.25) is 9.59 Å². The maximum absolute atomic E-state index is 13.5. The Kier molecular flexibility index (Phi) is 6.62. The van der Waals surface area contributed by atoms with E-state index in [9.17, 15) is 18.0 Å². The van der Waals surface area contributed by atoms with Gasteiger partial charge in [0.25, 0.3) is 0 Å². The van der Waals surface area contributed by atoms with Gasteiger partial charge >= 0.3 is 0 Å². The molecule has 1 heterocycles. The molecule has 1 saturated carbocycles. The molecule has 1 fully saturated rings. The molecule has 8 heteroatoms. The molecule has 2 N–H and O–H groups in total. The topological polar surface area (TPSA) is 95.6 Å². The minimum absolute atomic E-state index is 0.0771. The van der Waals surface area contributed by atoms with Gasteiger partial charge in [0, 0.05) is 25.2 Å². The maximum atomic E-state index is 13.5. The molecule has 2 aromatic rings. The fourth-order valence-electron chi connectivity index (χ4n) is 4.51. The number of hydrogen-bond acceptors (Lipinski definition) is 4. The fourth-order valence-corrected chi connectivity index (χ4v) is 5.74. The molecule has 7 nitrogen and oxygen atoms in total. The monoisotopic (exact) mass is 455 g/mol. The number of sulfonamides is 1. The van der Waals surface area contributed by atoms with Crippen molar-refractivity contribution in [3.05, 3.63) is 59.7 Å². The summed E-state index contributed by atoms with van der Waals surface area (Å²) < 4.78 is 29.3. The zero-order valence-electron chi connectivity index (χ0n) is 18.2. The number of likely N-dealkylation sites (N-methyl/N-ethyl adjacent to an activating group) is 1. The number of aryl methyl sites for hydroxylation is 1. The lowest BCUT2D eigenvalue weighted by Crippen LogP contribution is -2.46. The molecular formula is C24H29N3O4S. The minimum Gasteiger partial charge on any atom is -0.341 e. The summed E-state index contributed by atoms with van der Waals surface area (Å²) in [5.41, 5.74) is 2.01. The number of nitrogens with one attached hydrogen (secondary N) is 2. The van der Waals surface area contributed by atoms with E-state index < -0.39 is 16.1 Å². The molecule has 0 radical (unpaired) electrons. The van der Waals surface area contributed by atoms with E-state index in [4.69, 9.17) is 0 Å². The summed E-state index contributed by atoms with van der Waals surface area (Å²) in [7, 11) is -2.21. The van der Waals surface area contributed by atoms with Gasteiger partial charge in [-0.2, -0.15) is 4.72 Å². The Bertz CT molecular complexity index is 1100. The van der Waals surface area contributed by atoms with Crippen LogP contribution in [0.5, 0.6) is 0 Å². The standard InChI is InChI=1S/C24H29N3O4S/c1-27(19-10-6-3-7-11-19)24(29)23(17-8-4-2-5-9-17)26-32(30,31)20-13-14-21-18(16-20)12-15-22(28)25-21/h2,4-5,8-9,13-14,16,19,23,26H,3,6-7,10-12,15H2,1H3,(H,25,28)/t23-/m0/s1. The number of carbonyl (C=O) groups excluding carboxylic acids is 2. The van der Waals surface area contributed by atoms with Crippen molar-refractivity contribution in [3.63, 3.8) is 0 Å². The smallest absolute Gasteiger partial charge is 0.245 e. The predicted molar refractivity (Wildman–Crippen MR) is 123 cm³/mol. The summed E-state index contributed by atoms with van der Waals surface area (Å²) >= 11 is 0. The van der Waals surface area contributed by atoms with Gasteiger partial charge in [-0.05, 0) is 48.6 Å². The van der Waals surface area contributed by atoms with Crippen molar-refractivity contribution < 1.29 is 18.0 Å². The van der Waals surface area contributed by atoms with Crippen LogP contribution in [0.1, 0.15) is 55.7 Å². The molecule has 0 spiro atoms. The summed E-state index contributed by atoms with van der Waals surface area (Å²) in [4.78, 5) is 26.9. The zero-order chi connectivity index (χ0) is 22.7. The Hall–Kier alpha value is -2.71. The van der Waals surface area contributed by atoms with E-state index in [-0.39, 0.29) is 22.8 Å². The van der Waals surface area contributed by atoms with Crippen molar-refractivity contribution in [2.45, 2.75) is 61.9 Å². The van der Waals surface area contributed by atoms with Gasteiger partial charge in [0.1, 0.15) is 6.04 Å². The van der Waals surface area contributed by atoms with Gasteiger partial charge in [-0.25, -0.2) is 8.42 Å². The number of carbonyl (C=O) groups is 2. The van der Waals surface area contributed by atoms with Gasteiger partial charge in [0.15, 0.2) is 0 Å². The lowest BCUT2D eigenvalue weighted by Gasteiger charge is -2.34. The van der Waals surface area contributed by atoms with Crippen molar-refractivity contribution in [3.8, 4) is 0 Å². The first kappa shape index (κ1) is 22.5. The maximum Gasteiger partial charge on any atom is 0.245 e. The van der Waals surface area contributed by atoms with E-state index in [1.807, 2.05) is 6.07 Å². The summed E-state index contributed by atoms with van der Waals surface area (Å²) in [6.07, 6.45) is 6.01. The highest BCUT2D eigenvalue weighted by atomic mass is 32.2. The van der Waals surface area contributed by atoms with Gasteiger partial charge in [0.2, 0.25) is 21.8 Å². The molecule has 4 rings (SSSR count). The fraction of sp³-hybridized carbons (Fsp3) is 0.417. The van der Waals surface area contributed by atoms with Gasteiger partial charge in [-0.1, -0.05) is 49.6 Å². The molecule has 170 valence electrons. The van der Waals surface area contributed by atoms with Gasteiger partial charge < -0.3 is 10.2 Å². The lowest BCUT2D eigenvalue weighted by molar-refractivity contribution is -0.134. The molecule has 1 atom stereocenters. The van der Waals surface area contributed by atoms with Crippen LogP contribution in [0.2, 0.25) is 0 Å². The number of fused-ring (bicyclic) bond motifs is 1. The SMILES string of the molecule is CN(C(=O)[C@@H](NS(=O)(=O)c1ccc2c(c1)CCC(=O)N2)c1ccccc1)C1CCCCC1. The Balaban J connectivity index is 1.62. The normalized spacial score (nSPS) is 17.8. The van der Waals surface area contributed by atoms with Crippen LogP contribution >= 0.6 is 0 Å². The number of benzene rings is 2. The van der Waals surface area contributed by atoms with Gasteiger partial charge in [-0.15, -0.1) is 0 Å². The van der Waals surface area contributed by atoms with Crippen LogP contribution in [-0.2, 0) is 26.0 Å². The molecule has 32 heavy (non-hydrogen) atoms. The van der Waals surface area contributed by atoms with Crippen molar-refractivity contribution >= 4 is 27.5 Å². The number of anilines is 1. The van der Waals surface area contributed by atoms with Gasteiger partial charge in [0.05, 0.1) is 4.90 Å². The Morgan fingerprint density at radius 2 is 1.78 bits per heavy atom. The average Bonchev–Trinajstić information content (AvgIpc) is 2.82. The zero-order valence-corrected chi connectivity index (χ0v) is 19.0. The third kappa shape index (κ3) is 4.86. The minimum atomic E-state index is -3.97. The first-order chi connectivity index (χ1) is 15.3. The largest absolute Gasteiger partial charge is 0.341 e. The van der Waals surface area contributed by atoms with Crippen molar-refractivity contribution in [1.29, 1.82) is 0 Å². The van der Waals surface area contributed by atoms with Crippen molar-refractivity contribution in [1.82, 2.24) is 9.62 Å². The van der Waals surface area contributed by atoms with Crippen LogP contribution in [0, 0.1) is 0 Å². The predicted octanol–water partition coefficient (Wildman–Crippen LogP) is 3.38. The Morgan fingerprint density at radius 1 is 1.06 bits per heavy atom. The van der Waals surface area contributed by atoms with E-state index in [2.05, 4.69) is 10.0 Å². The third-order valence-corrected chi connectivity index (χ3v) is 7.83. The van der Waals surface area contributed by atoms with E-state index in [1.54, 1.807) is 48.3 Å². The molecule has 0 bridgehead atoms. The van der Waals surface area contributed by atoms with Crippen LogP contribution in [0.25, 0.3) is 0 Å². The summed E-state index contributed by atoms with van der Waals surface area (Å²) in [5, 5.41) is 2.76. The van der Waals surface area contributed by atoms with E-state index in [1.165, 1.54) is 12.5 Å². The van der Waals surface area contributed by atoms with Crippen molar-refractivity contribution in [2.75, 3.05) is 12.4 Å². The second-order valence-corrected chi connectivity index (χ2v) is 10.3. The van der Waals surface area contributed by atoms with Crippen LogP contribution in [0.3, 0.4) is 0 Å². The second-order valence-electron chi connectivity index (χ2n) is 8.57. The molecule has 0 aromatic heterocycles. The summed E-state index contributed by atoms with van der Waals surface area (Å²) in [5.74, 6) is -0.330. The van der Waals surface area contributed by atoms with Crippen LogP contribution in [-0.4, -0.2) is 38.2 Å². The highest BCUT2D eigenvalue weighted by Gasteiger charge is 2.33. The molecule has 2 aliphatic rings. The molecule has 2 amide bonds. The third-order valence-electron chi connectivity index (χ3n) is 6.41.